The Morgan fingerprint density at radius 2 is 1.81 bits per heavy atom. The predicted molar refractivity (Wildman–Crippen MR) is 91.8 cm³/mol. The SMILES string of the molecule is CC1CCC(N(C)CCCC(=O)c2ccc(Br)cc2)CC1. The fourth-order valence-corrected chi connectivity index (χ4v) is 3.40. The average Bonchev–Trinajstić information content (AvgIpc) is 2.48. The van der Waals surface area contributed by atoms with Gasteiger partial charge in [-0.2, -0.15) is 0 Å². The molecule has 1 aliphatic rings. The van der Waals surface area contributed by atoms with Gasteiger partial charge < -0.3 is 4.90 Å². The molecule has 0 aliphatic heterocycles. The van der Waals surface area contributed by atoms with Crippen molar-refractivity contribution in [2.45, 2.75) is 51.5 Å². The minimum Gasteiger partial charge on any atom is -0.303 e. The van der Waals surface area contributed by atoms with Crippen molar-refractivity contribution < 1.29 is 4.79 Å². The van der Waals surface area contributed by atoms with Crippen LogP contribution in [0.5, 0.6) is 0 Å². The van der Waals surface area contributed by atoms with E-state index >= 15 is 0 Å². The molecule has 1 aromatic carbocycles. The summed E-state index contributed by atoms with van der Waals surface area (Å²) in [5, 5.41) is 0. The van der Waals surface area contributed by atoms with Crippen LogP contribution in [-0.4, -0.2) is 30.3 Å². The molecule has 1 fully saturated rings. The number of benzene rings is 1. The van der Waals surface area contributed by atoms with Gasteiger partial charge in [-0.15, -0.1) is 0 Å². The zero-order valence-corrected chi connectivity index (χ0v) is 14.7. The third kappa shape index (κ3) is 5.23. The number of hydrogen-bond acceptors (Lipinski definition) is 2. The molecule has 1 aromatic rings. The Kier molecular flexibility index (Phi) is 6.43. The van der Waals surface area contributed by atoms with Gasteiger partial charge in [0, 0.05) is 22.5 Å². The van der Waals surface area contributed by atoms with E-state index in [1.54, 1.807) is 0 Å². The Bertz CT molecular complexity index is 449. The first-order valence-electron chi connectivity index (χ1n) is 8.05. The monoisotopic (exact) mass is 351 g/mol. The molecule has 0 heterocycles. The fraction of sp³-hybridized carbons (Fsp3) is 0.611. The molecule has 2 nitrogen and oxygen atoms in total. The largest absolute Gasteiger partial charge is 0.303 e. The maximum absolute atomic E-state index is 12.1. The number of ketones is 1. The summed E-state index contributed by atoms with van der Waals surface area (Å²) in [4.78, 5) is 14.6. The normalized spacial score (nSPS) is 22.5. The summed E-state index contributed by atoms with van der Waals surface area (Å²) in [6.07, 6.45) is 6.95. The predicted octanol–water partition coefficient (Wildman–Crippen LogP) is 4.92. The van der Waals surface area contributed by atoms with Crippen LogP contribution in [0.3, 0.4) is 0 Å². The molecule has 0 N–H and O–H groups in total. The molecule has 0 bridgehead atoms. The van der Waals surface area contributed by atoms with Crippen LogP contribution in [0.2, 0.25) is 0 Å². The van der Waals surface area contributed by atoms with Gasteiger partial charge in [-0.1, -0.05) is 35.0 Å². The molecule has 0 spiro atoms. The summed E-state index contributed by atoms with van der Waals surface area (Å²) in [6, 6.07) is 8.39. The van der Waals surface area contributed by atoms with Gasteiger partial charge in [0.1, 0.15) is 0 Å². The molecular weight excluding hydrogens is 326 g/mol. The molecule has 0 radical (unpaired) electrons. The first-order valence-corrected chi connectivity index (χ1v) is 8.84. The molecule has 1 saturated carbocycles. The highest BCUT2D eigenvalue weighted by Gasteiger charge is 2.21. The number of rotatable bonds is 6. The second-order valence-corrected chi connectivity index (χ2v) is 7.34. The van der Waals surface area contributed by atoms with Crippen LogP contribution in [0.25, 0.3) is 0 Å². The number of nitrogens with zero attached hydrogens (tertiary/aromatic N) is 1. The number of Topliss-reactive ketones (excluding diaryl/α,β-unsaturated/α-hetero) is 1. The van der Waals surface area contributed by atoms with Crippen molar-refractivity contribution >= 4 is 21.7 Å². The fourth-order valence-electron chi connectivity index (χ4n) is 3.13. The van der Waals surface area contributed by atoms with Crippen LogP contribution < -0.4 is 0 Å². The molecule has 116 valence electrons. The van der Waals surface area contributed by atoms with Gasteiger partial charge in [-0.25, -0.2) is 0 Å². The van der Waals surface area contributed by atoms with Crippen molar-refractivity contribution in [2.24, 2.45) is 5.92 Å². The Morgan fingerprint density at radius 3 is 2.43 bits per heavy atom. The summed E-state index contributed by atoms with van der Waals surface area (Å²) in [5.41, 5.74) is 0.826. The Morgan fingerprint density at radius 1 is 1.19 bits per heavy atom. The third-order valence-electron chi connectivity index (χ3n) is 4.69. The lowest BCUT2D eigenvalue weighted by molar-refractivity contribution is 0.0969. The van der Waals surface area contributed by atoms with Crippen molar-refractivity contribution in [3.8, 4) is 0 Å². The molecule has 0 unspecified atom stereocenters. The molecule has 0 atom stereocenters. The summed E-state index contributed by atoms with van der Waals surface area (Å²) in [7, 11) is 2.21. The van der Waals surface area contributed by atoms with Gasteiger partial charge in [0.25, 0.3) is 0 Å². The van der Waals surface area contributed by atoms with Crippen molar-refractivity contribution in [3.63, 3.8) is 0 Å². The zero-order chi connectivity index (χ0) is 15.2. The van der Waals surface area contributed by atoms with Crippen LogP contribution in [0.15, 0.2) is 28.7 Å². The van der Waals surface area contributed by atoms with Crippen LogP contribution in [0.4, 0.5) is 0 Å². The van der Waals surface area contributed by atoms with Crippen LogP contribution >= 0.6 is 15.9 Å². The minimum atomic E-state index is 0.258. The lowest BCUT2D eigenvalue weighted by Gasteiger charge is -2.33. The number of carbonyl (C=O) groups is 1. The van der Waals surface area contributed by atoms with E-state index in [-0.39, 0.29) is 5.78 Å². The lowest BCUT2D eigenvalue weighted by atomic mass is 9.86. The van der Waals surface area contributed by atoms with E-state index < -0.39 is 0 Å². The topological polar surface area (TPSA) is 20.3 Å². The van der Waals surface area contributed by atoms with Gasteiger partial charge in [0.15, 0.2) is 5.78 Å². The quantitative estimate of drug-likeness (QED) is 0.677. The second-order valence-electron chi connectivity index (χ2n) is 6.43. The molecule has 0 aromatic heterocycles. The van der Waals surface area contributed by atoms with Crippen LogP contribution in [-0.2, 0) is 0 Å². The van der Waals surface area contributed by atoms with Gasteiger partial charge >= 0.3 is 0 Å². The number of halogens is 1. The molecule has 0 amide bonds. The summed E-state index contributed by atoms with van der Waals surface area (Å²) < 4.78 is 1.02. The third-order valence-corrected chi connectivity index (χ3v) is 5.22. The molecule has 0 saturated heterocycles. The van der Waals surface area contributed by atoms with E-state index in [2.05, 4.69) is 34.8 Å². The molecule has 21 heavy (non-hydrogen) atoms. The van der Waals surface area contributed by atoms with Crippen molar-refractivity contribution in [1.29, 1.82) is 0 Å². The molecule has 2 rings (SSSR count). The van der Waals surface area contributed by atoms with Crippen molar-refractivity contribution in [1.82, 2.24) is 4.90 Å². The lowest BCUT2D eigenvalue weighted by Crippen LogP contribution is -2.35. The van der Waals surface area contributed by atoms with Gasteiger partial charge in [0.2, 0.25) is 0 Å². The van der Waals surface area contributed by atoms with E-state index in [1.165, 1.54) is 25.7 Å². The highest BCUT2D eigenvalue weighted by molar-refractivity contribution is 9.10. The van der Waals surface area contributed by atoms with Crippen LogP contribution in [0, 0.1) is 5.92 Å². The van der Waals surface area contributed by atoms with E-state index in [0.717, 1.165) is 35.0 Å². The smallest absolute Gasteiger partial charge is 0.162 e. The number of carbonyl (C=O) groups excluding carboxylic acids is 1. The first-order chi connectivity index (χ1) is 10.1. The Hall–Kier alpha value is -0.670. The Balaban J connectivity index is 1.71. The first kappa shape index (κ1) is 16.7. The van der Waals surface area contributed by atoms with E-state index in [0.29, 0.717) is 6.42 Å². The van der Waals surface area contributed by atoms with Gasteiger partial charge in [-0.3, -0.25) is 4.79 Å². The summed E-state index contributed by atoms with van der Waals surface area (Å²) >= 11 is 3.40. The zero-order valence-electron chi connectivity index (χ0n) is 13.1. The van der Waals surface area contributed by atoms with E-state index in [9.17, 15) is 4.79 Å². The van der Waals surface area contributed by atoms with E-state index in [1.807, 2.05) is 24.3 Å². The van der Waals surface area contributed by atoms with E-state index in [4.69, 9.17) is 0 Å². The summed E-state index contributed by atoms with van der Waals surface area (Å²) in [6.45, 7) is 3.38. The van der Waals surface area contributed by atoms with Crippen molar-refractivity contribution in [3.05, 3.63) is 34.3 Å². The highest BCUT2D eigenvalue weighted by atomic mass is 79.9. The Labute approximate surface area is 137 Å². The highest BCUT2D eigenvalue weighted by Crippen LogP contribution is 2.26. The molecule has 3 heteroatoms. The average molecular weight is 352 g/mol. The van der Waals surface area contributed by atoms with Gasteiger partial charge in [-0.05, 0) is 63.7 Å². The molecule has 1 aliphatic carbocycles. The molecular formula is C18H26BrNO. The standard InChI is InChI=1S/C18H26BrNO/c1-14-5-11-17(12-6-14)20(2)13-3-4-18(21)15-7-9-16(19)10-8-15/h7-10,14,17H,3-6,11-13H2,1-2H3. The van der Waals surface area contributed by atoms with Crippen LogP contribution in [0.1, 0.15) is 55.8 Å². The van der Waals surface area contributed by atoms with Gasteiger partial charge in [0.05, 0.1) is 0 Å². The van der Waals surface area contributed by atoms with Crippen molar-refractivity contribution in [2.75, 3.05) is 13.6 Å². The summed E-state index contributed by atoms with van der Waals surface area (Å²) in [5.74, 6) is 1.15. The minimum absolute atomic E-state index is 0.258. The maximum Gasteiger partial charge on any atom is 0.162 e. The maximum atomic E-state index is 12.1. The second kappa shape index (κ2) is 8.09. The number of hydrogen-bond donors (Lipinski definition) is 0.